The van der Waals surface area contributed by atoms with Gasteiger partial charge in [0.05, 0.1) is 22.2 Å². The van der Waals surface area contributed by atoms with E-state index in [1.165, 1.54) is 24.3 Å². The van der Waals surface area contributed by atoms with Crippen LogP contribution in [0.25, 0.3) is 0 Å². The molecule has 1 N–H and O–H groups in total. The first-order valence-corrected chi connectivity index (χ1v) is 7.78. The van der Waals surface area contributed by atoms with E-state index < -0.39 is 21.7 Å². The molecule has 0 aliphatic heterocycles. The summed E-state index contributed by atoms with van der Waals surface area (Å²) in [5, 5.41) is 8.66. The van der Waals surface area contributed by atoms with Crippen LogP contribution in [0.3, 0.4) is 0 Å². The average Bonchev–Trinajstić information content (AvgIpc) is 2.43. The second kappa shape index (κ2) is 5.79. The fourth-order valence-electron chi connectivity index (χ4n) is 1.54. The summed E-state index contributed by atoms with van der Waals surface area (Å²) in [5.74, 6) is -1.88. The van der Waals surface area contributed by atoms with Crippen LogP contribution in [-0.2, 0) is 10.0 Å². The Labute approximate surface area is 128 Å². The molecule has 0 unspecified atom stereocenters. The molecule has 0 bridgehead atoms. The maximum Gasteiger partial charge on any atom is 0.262 e. The van der Waals surface area contributed by atoms with Crippen molar-refractivity contribution in [1.82, 2.24) is 0 Å². The maximum absolute atomic E-state index is 13.6. The fraction of sp³-hybridized carbons (Fsp3) is 0. The predicted molar refractivity (Wildman–Crippen MR) is 76.0 cm³/mol. The van der Waals surface area contributed by atoms with Gasteiger partial charge in [-0.15, -0.1) is 0 Å². The van der Waals surface area contributed by atoms with E-state index in [0.29, 0.717) is 11.6 Å². The molecule has 0 spiro atoms. The molecule has 0 radical (unpaired) electrons. The maximum atomic E-state index is 13.6. The zero-order chi connectivity index (χ0) is 15.6. The molecule has 0 saturated heterocycles. The third-order valence-electron chi connectivity index (χ3n) is 2.54. The molecule has 2 aromatic rings. The van der Waals surface area contributed by atoms with E-state index in [-0.39, 0.29) is 15.1 Å². The van der Waals surface area contributed by atoms with Crippen molar-refractivity contribution < 1.29 is 17.2 Å². The zero-order valence-corrected chi connectivity index (χ0v) is 12.7. The Balaban J connectivity index is 2.40. The number of nitrogens with one attached hydrogen (secondary N) is 1. The van der Waals surface area contributed by atoms with Gasteiger partial charge in [0, 0.05) is 10.5 Å². The van der Waals surface area contributed by atoms with Crippen LogP contribution in [0.4, 0.5) is 14.5 Å². The van der Waals surface area contributed by atoms with E-state index in [2.05, 4.69) is 15.9 Å². The highest BCUT2D eigenvalue weighted by Crippen LogP contribution is 2.29. The first-order valence-electron chi connectivity index (χ1n) is 5.51. The predicted octanol–water partition coefficient (Wildman–Crippen LogP) is 3.40. The molecule has 8 heteroatoms. The van der Waals surface area contributed by atoms with Crippen molar-refractivity contribution in [3.8, 4) is 6.07 Å². The largest absolute Gasteiger partial charge is 0.275 e. The number of anilines is 1. The highest BCUT2D eigenvalue weighted by molar-refractivity contribution is 9.10. The molecule has 0 atom stereocenters. The highest BCUT2D eigenvalue weighted by Gasteiger charge is 2.19. The molecule has 21 heavy (non-hydrogen) atoms. The summed E-state index contributed by atoms with van der Waals surface area (Å²) in [6, 6.07) is 8.46. The van der Waals surface area contributed by atoms with Gasteiger partial charge in [-0.3, -0.25) is 4.72 Å². The van der Waals surface area contributed by atoms with Crippen LogP contribution in [0.1, 0.15) is 5.56 Å². The quantitative estimate of drug-likeness (QED) is 0.897. The Morgan fingerprint density at radius 1 is 1.14 bits per heavy atom. The number of nitrogens with zero attached hydrogens (tertiary/aromatic N) is 1. The topological polar surface area (TPSA) is 70.0 Å². The summed E-state index contributed by atoms with van der Waals surface area (Å²) in [5.41, 5.74) is -0.0937. The van der Waals surface area contributed by atoms with Crippen molar-refractivity contribution >= 4 is 31.6 Å². The SMILES string of the molecule is N#Cc1ccc(S(=O)(=O)Nc2c(F)cc(F)cc2Br)cc1. The molecular weight excluding hydrogens is 366 g/mol. The van der Waals surface area contributed by atoms with Gasteiger partial charge in [-0.1, -0.05) is 0 Å². The summed E-state index contributed by atoms with van der Waals surface area (Å²) in [6.07, 6.45) is 0. The number of rotatable bonds is 3. The highest BCUT2D eigenvalue weighted by atomic mass is 79.9. The van der Waals surface area contributed by atoms with Crippen molar-refractivity contribution in [3.63, 3.8) is 0 Å². The van der Waals surface area contributed by atoms with E-state index in [0.717, 1.165) is 6.07 Å². The van der Waals surface area contributed by atoms with Crippen molar-refractivity contribution in [2.75, 3.05) is 4.72 Å². The van der Waals surface area contributed by atoms with Crippen LogP contribution in [-0.4, -0.2) is 8.42 Å². The number of benzene rings is 2. The molecule has 2 rings (SSSR count). The molecule has 2 aromatic carbocycles. The monoisotopic (exact) mass is 372 g/mol. The van der Waals surface area contributed by atoms with E-state index >= 15 is 0 Å². The number of nitriles is 1. The van der Waals surface area contributed by atoms with Crippen LogP contribution >= 0.6 is 15.9 Å². The first kappa shape index (κ1) is 15.4. The van der Waals surface area contributed by atoms with Crippen LogP contribution in [0.5, 0.6) is 0 Å². The fourth-order valence-corrected chi connectivity index (χ4v) is 3.27. The standard InChI is InChI=1S/C13H7BrF2N2O2S/c14-11-5-9(15)6-12(16)13(11)18-21(19,20)10-3-1-8(7-17)2-4-10/h1-6,18H. The van der Waals surface area contributed by atoms with E-state index in [1.807, 2.05) is 10.8 Å². The summed E-state index contributed by atoms with van der Waals surface area (Å²) in [7, 11) is -4.05. The Kier molecular flexibility index (Phi) is 4.25. The second-order valence-corrected chi connectivity index (χ2v) is 6.52. The Hall–Kier alpha value is -1.98. The Bertz CT molecular complexity index is 807. The third kappa shape index (κ3) is 3.37. The summed E-state index contributed by atoms with van der Waals surface area (Å²) in [6.45, 7) is 0. The van der Waals surface area contributed by atoms with Crippen LogP contribution in [0.2, 0.25) is 0 Å². The molecule has 0 aromatic heterocycles. The van der Waals surface area contributed by atoms with Crippen LogP contribution in [0.15, 0.2) is 45.8 Å². The molecule has 0 heterocycles. The minimum Gasteiger partial charge on any atom is -0.275 e. The molecule has 0 saturated carbocycles. The van der Waals surface area contributed by atoms with E-state index in [1.54, 1.807) is 0 Å². The van der Waals surface area contributed by atoms with Gasteiger partial charge in [-0.25, -0.2) is 17.2 Å². The molecular formula is C13H7BrF2N2O2S. The van der Waals surface area contributed by atoms with Gasteiger partial charge < -0.3 is 0 Å². The lowest BCUT2D eigenvalue weighted by Crippen LogP contribution is -2.14. The lowest BCUT2D eigenvalue weighted by atomic mass is 10.2. The van der Waals surface area contributed by atoms with Gasteiger partial charge in [0.1, 0.15) is 5.82 Å². The molecule has 4 nitrogen and oxygen atoms in total. The first-order chi connectivity index (χ1) is 9.83. The number of hydrogen-bond donors (Lipinski definition) is 1. The number of halogens is 3. The van der Waals surface area contributed by atoms with Crippen LogP contribution in [0, 0.1) is 23.0 Å². The van der Waals surface area contributed by atoms with Gasteiger partial charge in [0.15, 0.2) is 5.82 Å². The molecule has 0 aliphatic rings. The van der Waals surface area contributed by atoms with Crippen molar-refractivity contribution in [1.29, 1.82) is 5.26 Å². The van der Waals surface area contributed by atoms with E-state index in [4.69, 9.17) is 5.26 Å². The molecule has 0 fully saturated rings. The number of sulfonamides is 1. The zero-order valence-electron chi connectivity index (χ0n) is 10.3. The lowest BCUT2D eigenvalue weighted by molar-refractivity contribution is 0.581. The number of hydrogen-bond acceptors (Lipinski definition) is 3. The minimum absolute atomic E-state index is 0.0581. The lowest BCUT2D eigenvalue weighted by Gasteiger charge is -2.11. The average molecular weight is 373 g/mol. The minimum atomic E-state index is -4.05. The smallest absolute Gasteiger partial charge is 0.262 e. The second-order valence-electron chi connectivity index (χ2n) is 3.99. The molecule has 108 valence electrons. The Morgan fingerprint density at radius 2 is 1.76 bits per heavy atom. The van der Waals surface area contributed by atoms with Gasteiger partial charge in [-0.05, 0) is 46.3 Å². The normalized spacial score (nSPS) is 11.0. The Morgan fingerprint density at radius 3 is 2.29 bits per heavy atom. The van der Waals surface area contributed by atoms with Gasteiger partial charge in [-0.2, -0.15) is 5.26 Å². The van der Waals surface area contributed by atoms with Crippen molar-refractivity contribution in [2.24, 2.45) is 0 Å². The van der Waals surface area contributed by atoms with Crippen LogP contribution < -0.4 is 4.72 Å². The van der Waals surface area contributed by atoms with Gasteiger partial charge >= 0.3 is 0 Å². The summed E-state index contributed by atoms with van der Waals surface area (Å²) >= 11 is 2.90. The third-order valence-corrected chi connectivity index (χ3v) is 4.53. The van der Waals surface area contributed by atoms with Gasteiger partial charge in [0.2, 0.25) is 0 Å². The van der Waals surface area contributed by atoms with Crippen molar-refractivity contribution in [2.45, 2.75) is 4.90 Å². The van der Waals surface area contributed by atoms with Crippen molar-refractivity contribution in [3.05, 3.63) is 58.1 Å². The summed E-state index contributed by atoms with van der Waals surface area (Å²) < 4.78 is 52.8. The summed E-state index contributed by atoms with van der Waals surface area (Å²) in [4.78, 5) is -0.142. The van der Waals surface area contributed by atoms with Gasteiger partial charge in [0.25, 0.3) is 10.0 Å². The molecule has 0 aliphatic carbocycles. The molecule has 0 amide bonds. The van der Waals surface area contributed by atoms with E-state index in [9.17, 15) is 17.2 Å².